The van der Waals surface area contributed by atoms with Crippen LogP contribution in [0.2, 0.25) is 0 Å². The molecule has 0 fully saturated rings. The number of benzene rings is 1. The lowest BCUT2D eigenvalue weighted by Gasteiger charge is -1.96. The number of hydrogen-bond donors (Lipinski definition) is 0. The summed E-state index contributed by atoms with van der Waals surface area (Å²) in [7, 11) is 0. The van der Waals surface area contributed by atoms with Gasteiger partial charge in [-0.1, -0.05) is 30.3 Å². The van der Waals surface area contributed by atoms with Gasteiger partial charge in [-0.25, -0.2) is 4.98 Å². The monoisotopic (exact) mass is 218 g/mol. The zero-order valence-corrected chi connectivity index (χ0v) is 8.66. The van der Waals surface area contributed by atoms with Crippen LogP contribution in [0.25, 0.3) is 10.6 Å². The molecular weight excluding hydrogens is 210 g/mol. The molecule has 0 radical (unpaired) electrons. The lowest BCUT2D eigenvalue weighted by atomic mass is 10.2. The predicted molar refractivity (Wildman–Crippen MR) is 56.3 cm³/mol. The first-order valence-electron chi connectivity index (χ1n) is 4.45. The first-order chi connectivity index (χ1) is 7.25. The third-order valence-electron chi connectivity index (χ3n) is 1.90. The van der Waals surface area contributed by atoms with Crippen LogP contribution >= 0.6 is 11.3 Å². The summed E-state index contributed by atoms with van der Waals surface area (Å²) in [5.74, 6) is -1.10. The van der Waals surface area contributed by atoms with E-state index in [0.29, 0.717) is 5.69 Å². The highest BCUT2D eigenvalue weighted by Crippen LogP contribution is 2.23. The maximum atomic E-state index is 10.4. The Bertz CT molecular complexity index is 464. The number of thiazole rings is 1. The second kappa shape index (κ2) is 4.23. The van der Waals surface area contributed by atoms with Crippen molar-refractivity contribution < 1.29 is 9.90 Å². The van der Waals surface area contributed by atoms with Crippen LogP contribution in [0.4, 0.5) is 0 Å². The number of aliphatic carboxylic acids is 1. The number of carbonyl (C=O) groups excluding carboxylic acids is 1. The van der Waals surface area contributed by atoms with Crippen molar-refractivity contribution in [1.29, 1.82) is 0 Å². The van der Waals surface area contributed by atoms with Gasteiger partial charge in [0.05, 0.1) is 5.69 Å². The molecule has 2 aromatic rings. The molecule has 0 atom stereocenters. The van der Waals surface area contributed by atoms with Crippen LogP contribution in [0.1, 0.15) is 5.69 Å². The molecule has 4 heteroatoms. The number of carbonyl (C=O) groups is 1. The fraction of sp³-hybridized carbons (Fsp3) is 0.0909. The first kappa shape index (κ1) is 9.86. The van der Waals surface area contributed by atoms with Gasteiger partial charge in [-0.15, -0.1) is 11.3 Å². The maximum Gasteiger partial charge on any atom is 0.123 e. The van der Waals surface area contributed by atoms with E-state index in [4.69, 9.17) is 0 Å². The second-order valence-corrected chi connectivity index (χ2v) is 3.92. The molecule has 0 spiro atoms. The Morgan fingerprint density at radius 1 is 1.33 bits per heavy atom. The number of carboxylic acid groups (broad SMARTS) is 1. The Kier molecular flexibility index (Phi) is 2.78. The largest absolute Gasteiger partial charge is 0.550 e. The lowest BCUT2D eigenvalue weighted by molar-refractivity contribution is -0.304. The minimum Gasteiger partial charge on any atom is -0.550 e. The van der Waals surface area contributed by atoms with Crippen LogP contribution < -0.4 is 5.11 Å². The van der Waals surface area contributed by atoms with E-state index in [1.807, 2.05) is 30.3 Å². The molecule has 76 valence electrons. The van der Waals surface area contributed by atoms with Crippen molar-refractivity contribution in [3.8, 4) is 10.6 Å². The summed E-state index contributed by atoms with van der Waals surface area (Å²) in [5.41, 5.74) is 1.56. The van der Waals surface area contributed by atoms with Crippen LogP contribution in [0, 0.1) is 0 Å². The van der Waals surface area contributed by atoms with Gasteiger partial charge >= 0.3 is 0 Å². The quantitative estimate of drug-likeness (QED) is 0.775. The molecule has 0 aliphatic carbocycles. The number of nitrogens with zero attached hydrogens (tertiary/aromatic N) is 1. The molecule has 0 N–H and O–H groups in total. The highest BCUT2D eigenvalue weighted by atomic mass is 32.1. The molecule has 1 aromatic heterocycles. The Labute approximate surface area is 91.0 Å². The van der Waals surface area contributed by atoms with E-state index >= 15 is 0 Å². The van der Waals surface area contributed by atoms with Crippen molar-refractivity contribution in [2.75, 3.05) is 0 Å². The predicted octanol–water partition coefficient (Wildman–Crippen LogP) is 1.10. The highest BCUT2D eigenvalue weighted by molar-refractivity contribution is 7.13. The van der Waals surface area contributed by atoms with Gasteiger partial charge in [-0.3, -0.25) is 0 Å². The topological polar surface area (TPSA) is 53.0 Å². The van der Waals surface area contributed by atoms with Crippen LogP contribution in [-0.2, 0) is 11.2 Å². The van der Waals surface area contributed by atoms with Crippen LogP contribution in [0.3, 0.4) is 0 Å². The summed E-state index contributed by atoms with van der Waals surface area (Å²) in [5, 5.41) is 13.0. The van der Waals surface area contributed by atoms with Crippen LogP contribution in [-0.4, -0.2) is 11.0 Å². The molecule has 0 bridgehead atoms. The van der Waals surface area contributed by atoms with Crippen molar-refractivity contribution >= 4 is 17.3 Å². The fourth-order valence-electron chi connectivity index (χ4n) is 1.25. The summed E-state index contributed by atoms with van der Waals surface area (Å²) in [6, 6.07) is 9.67. The van der Waals surface area contributed by atoms with Crippen molar-refractivity contribution in [2.45, 2.75) is 6.42 Å². The van der Waals surface area contributed by atoms with Gasteiger partial charge in [-0.05, 0) is 0 Å². The number of carboxylic acids is 1. The maximum absolute atomic E-state index is 10.4. The summed E-state index contributed by atoms with van der Waals surface area (Å²) in [6.07, 6.45) is -0.122. The Morgan fingerprint density at radius 3 is 2.73 bits per heavy atom. The molecule has 3 nitrogen and oxygen atoms in total. The van der Waals surface area contributed by atoms with Gasteiger partial charge < -0.3 is 9.90 Å². The summed E-state index contributed by atoms with van der Waals surface area (Å²) in [6.45, 7) is 0. The number of aromatic nitrogens is 1. The van der Waals surface area contributed by atoms with E-state index in [1.165, 1.54) is 11.3 Å². The minimum atomic E-state index is -1.10. The minimum absolute atomic E-state index is 0.122. The summed E-state index contributed by atoms with van der Waals surface area (Å²) in [4.78, 5) is 14.6. The van der Waals surface area contributed by atoms with E-state index in [1.54, 1.807) is 5.38 Å². The van der Waals surface area contributed by atoms with E-state index in [9.17, 15) is 9.90 Å². The molecule has 0 aliphatic rings. The van der Waals surface area contributed by atoms with Gasteiger partial charge in [0.15, 0.2) is 0 Å². The van der Waals surface area contributed by atoms with Crippen molar-refractivity contribution in [3.63, 3.8) is 0 Å². The van der Waals surface area contributed by atoms with Gasteiger partial charge in [0.2, 0.25) is 0 Å². The Hall–Kier alpha value is -1.68. The zero-order valence-electron chi connectivity index (χ0n) is 7.84. The van der Waals surface area contributed by atoms with Gasteiger partial charge in [0.25, 0.3) is 0 Å². The average molecular weight is 218 g/mol. The number of hydrogen-bond acceptors (Lipinski definition) is 4. The Morgan fingerprint density at radius 2 is 2.07 bits per heavy atom. The molecule has 0 aliphatic heterocycles. The fourth-order valence-corrected chi connectivity index (χ4v) is 2.08. The second-order valence-electron chi connectivity index (χ2n) is 3.06. The third kappa shape index (κ3) is 2.41. The van der Waals surface area contributed by atoms with E-state index in [-0.39, 0.29) is 6.42 Å². The summed E-state index contributed by atoms with van der Waals surface area (Å²) >= 11 is 1.44. The zero-order chi connectivity index (χ0) is 10.7. The third-order valence-corrected chi connectivity index (χ3v) is 2.84. The van der Waals surface area contributed by atoms with Gasteiger partial charge in [0.1, 0.15) is 5.01 Å². The lowest BCUT2D eigenvalue weighted by Crippen LogP contribution is -2.24. The van der Waals surface area contributed by atoms with Gasteiger partial charge in [0, 0.05) is 23.3 Å². The van der Waals surface area contributed by atoms with E-state index in [0.717, 1.165) is 10.6 Å². The molecular formula is C11H8NO2S-. The molecule has 0 saturated carbocycles. The molecule has 1 heterocycles. The Balaban J connectivity index is 2.24. The smallest absolute Gasteiger partial charge is 0.123 e. The van der Waals surface area contributed by atoms with Crippen LogP contribution in [0.5, 0.6) is 0 Å². The van der Waals surface area contributed by atoms with E-state index in [2.05, 4.69) is 4.98 Å². The molecule has 0 amide bonds. The molecule has 2 rings (SSSR count). The molecule has 15 heavy (non-hydrogen) atoms. The number of rotatable bonds is 3. The first-order valence-corrected chi connectivity index (χ1v) is 5.33. The molecule has 0 saturated heterocycles. The van der Waals surface area contributed by atoms with Crippen molar-refractivity contribution in [2.24, 2.45) is 0 Å². The van der Waals surface area contributed by atoms with Crippen molar-refractivity contribution in [3.05, 3.63) is 41.4 Å². The molecule has 0 unspecified atom stereocenters. The summed E-state index contributed by atoms with van der Waals surface area (Å²) < 4.78 is 0. The normalized spacial score (nSPS) is 10.1. The SMILES string of the molecule is O=C([O-])Cc1csc(-c2ccccc2)n1. The average Bonchev–Trinajstić information content (AvgIpc) is 2.67. The standard InChI is InChI=1S/C11H9NO2S/c13-10(14)6-9-7-15-11(12-9)8-4-2-1-3-5-8/h1-5,7H,6H2,(H,13,14)/p-1. The highest BCUT2D eigenvalue weighted by Gasteiger charge is 2.03. The van der Waals surface area contributed by atoms with Gasteiger partial charge in [-0.2, -0.15) is 0 Å². The van der Waals surface area contributed by atoms with Crippen molar-refractivity contribution in [1.82, 2.24) is 4.98 Å². The van der Waals surface area contributed by atoms with Crippen LogP contribution in [0.15, 0.2) is 35.7 Å². The van der Waals surface area contributed by atoms with E-state index < -0.39 is 5.97 Å². The molecule has 1 aromatic carbocycles.